The molecular formula is C28H37ClN4O4S2. The van der Waals surface area contributed by atoms with Crippen LogP contribution in [0.2, 0.25) is 5.02 Å². The molecule has 11 heteroatoms. The number of hydrogen-bond donors (Lipinski definition) is 0. The van der Waals surface area contributed by atoms with E-state index in [2.05, 4.69) is 4.90 Å². The van der Waals surface area contributed by atoms with Gasteiger partial charge in [-0.2, -0.15) is 4.31 Å². The molecule has 1 aliphatic carbocycles. The van der Waals surface area contributed by atoms with Gasteiger partial charge in [0, 0.05) is 24.7 Å². The molecule has 0 atom stereocenters. The molecule has 2 aromatic carbocycles. The molecule has 3 aromatic rings. The van der Waals surface area contributed by atoms with Crippen LogP contribution in [-0.4, -0.2) is 75.4 Å². The Morgan fingerprint density at radius 2 is 1.77 bits per heavy atom. The number of fused-ring (bicyclic) bond motifs is 1. The van der Waals surface area contributed by atoms with Crippen molar-refractivity contribution in [3.63, 3.8) is 0 Å². The van der Waals surface area contributed by atoms with Crippen molar-refractivity contribution in [2.45, 2.75) is 56.4 Å². The zero-order chi connectivity index (χ0) is 28.2. The zero-order valence-electron chi connectivity index (χ0n) is 23.0. The summed E-state index contributed by atoms with van der Waals surface area (Å²) in [6.07, 6.45) is 5.78. The van der Waals surface area contributed by atoms with Crippen LogP contribution in [-0.2, 0) is 10.0 Å². The van der Waals surface area contributed by atoms with Gasteiger partial charge in [-0.15, -0.1) is 0 Å². The maximum absolute atomic E-state index is 13.8. The van der Waals surface area contributed by atoms with E-state index in [1.165, 1.54) is 11.3 Å². The molecule has 4 rings (SSSR count). The highest BCUT2D eigenvalue weighted by Gasteiger charge is 2.31. The molecule has 8 nitrogen and oxygen atoms in total. The number of thiazole rings is 1. The Hall–Kier alpha value is -2.24. The van der Waals surface area contributed by atoms with Crippen LogP contribution in [0.1, 0.15) is 55.8 Å². The standard InChI is InChI=1S/C28H37ClN4O4S2/c1-5-33(21-10-7-6-8-11-21)39(35,36)22-14-12-20(13-15-22)27(34)32(19-9-18-31(2)3)28-30-25-24(37-4)17-16-23(29)26(25)38-28/h12-17,21H,5-11,18-19H2,1-4H3. The van der Waals surface area contributed by atoms with Gasteiger partial charge in [-0.05, 0) is 76.3 Å². The fraction of sp³-hybridized carbons (Fsp3) is 0.500. The molecule has 0 unspecified atom stereocenters. The molecule has 1 amide bonds. The minimum Gasteiger partial charge on any atom is -0.494 e. The van der Waals surface area contributed by atoms with Gasteiger partial charge in [-0.25, -0.2) is 13.4 Å². The average molecular weight is 593 g/mol. The Balaban J connectivity index is 1.63. The fourth-order valence-corrected chi connectivity index (χ4v) is 8.08. The number of anilines is 1. The summed E-state index contributed by atoms with van der Waals surface area (Å²) in [6, 6.07) is 9.85. The number of rotatable bonds is 11. The maximum Gasteiger partial charge on any atom is 0.260 e. The minimum atomic E-state index is -3.66. The minimum absolute atomic E-state index is 0.0325. The van der Waals surface area contributed by atoms with Gasteiger partial charge in [0.2, 0.25) is 10.0 Å². The van der Waals surface area contributed by atoms with E-state index >= 15 is 0 Å². The average Bonchev–Trinajstić information content (AvgIpc) is 3.38. The Morgan fingerprint density at radius 3 is 2.38 bits per heavy atom. The van der Waals surface area contributed by atoms with Gasteiger partial charge in [0.05, 0.1) is 21.7 Å². The van der Waals surface area contributed by atoms with Crippen LogP contribution in [0.5, 0.6) is 5.75 Å². The lowest BCUT2D eigenvalue weighted by Crippen LogP contribution is -2.41. The molecule has 39 heavy (non-hydrogen) atoms. The summed E-state index contributed by atoms with van der Waals surface area (Å²) in [4.78, 5) is 22.4. The SMILES string of the molecule is CCN(C1CCCCC1)S(=O)(=O)c1ccc(C(=O)N(CCCN(C)C)c2nc3c(OC)ccc(Cl)c3s2)cc1. The van der Waals surface area contributed by atoms with E-state index in [-0.39, 0.29) is 16.8 Å². The molecule has 1 aliphatic rings. The Kier molecular flexibility index (Phi) is 9.87. The second-order valence-electron chi connectivity index (χ2n) is 10.1. The van der Waals surface area contributed by atoms with Crippen LogP contribution >= 0.6 is 22.9 Å². The molecule has 0 N–H and O–H groups in total. The number of sulfonamides is 1. The van der Waals surface area contributed by atoms with Gasteiger partial charge >= 0.3 is 0 Å². The van der Waals surface area contributed by atoms with Crippen LogP contribution < -0.4 is 9.64 Å². The molecule has 0 bridgehead atoms. The first-order valence-electron chi connectivity index (χ1n) is 13.4. The summed E-state index contributed by atoms with van der Waals surface area (Å²) in [5.74, 6) is 0.345. The van der Waals surface area contributed by atoms with E-state index in [0.717, 1.165) is 49.8 Å². The van der Waals surface area contributed by atoms with Crippen molar-refractivity contribution < 1.29 is 17.9 Å². The lowest BCUT2D eigenvalue weighted by Gasteiger charge is -2.32. The van der Waals surface area contributed by atoms with Crippen molar-refractivity contribution >= 4 is 54.2 Å². The number of aromatic nitrogens is 1. The molecular weight excluding hydrogens is 556 g/mol. The van der Waals surface area contributed by atoms with E-state index < -0.39 is 10.0 Å². The summed E-state index contributed by atoms with van der Waals surface area (Å²) in [6.45, 7) is 3.55. The lowest BCUT2D eigenvalue weighted by molar-refractivity contribution is 0.0986. The molecule has 1 saturated carbocycles. The van der Waals surface area contributed by atoms with E-state index in [9.17, 15) is 13.2 Å². The summed E-state index contributed by atoms with van der Waals surface area (Å²) < 4.78 is 34.8. The largest absolute Gasteiger partial charge is 0.494 e. The van der Waals surface area contributed by atoms with Crippen molar-refractivity contribution in [2.75, 3.05) is 45.7 Å². The number of benzene rings is 2. The highest BCUT2D eigenvalue weighted by atomic mass is 35.5. The molecule has 0 aliphatic heterocycles. The topological polar surface area (TPSA) is 83.1 Å². The smallest absolute Gasteiger partial charge is 0.260 e. The molecule has 1 aromatic heterocycles. The third-order valence-corrected chi connectivity index (χ3v) is 10.7. The number of amides is 1. The predicted octanol–water partition coefficient (Wildman–Crippen LogP) is 5.90. The summed E-state index contributed by atoms with van der Waals surface area (Å²) in [5, 5.41) is 1.06. The van der Waals surface area contributed by atoms with E-state index in [0.29, 0.717) is 40.1 Å². The predicted molar refractivity (Wildman–Crippen MR) is 159 cm³/mol. The monoisotopic (exact) mass is 592 g/mol. The second kappa shape index (κ2) is 13.0. The Bertz CT molecular complexity index is 1390. The summed E-state index contributed by atoms with van der Waals surface area (Å²) >= 11 is 7.78. The highest BCUT2D eigenvalue weighted by molar-refractivity contribution is 7.89. The summed E-state index contributed by atoms with van der Waals surface area (Å²) in [7, 11) is 1.89. The van der Waals surface area contributed by atoms with Gasteiger partial charge in [0.25, 0.3) is 5.91 Å². The van der Waals surface area contributed by atoms with Crippen LogP contribution in [0.15, 0.2) is 41.3 Å². The van der Waals surface area contributed by atoms with Gasteiger partial charge in [0.15, 0.2) is 5.13 Å². The first-order valence-corrected chi connectivity index (χ1v) is 16.0. The molecule has 0 saturated heterocycles. The molecule has 1 heterocycles. The van der Waals surface area contributed by atoms with Crippen molar-refractivity contribution in [3.8, 4) is 5.75 Å². The van der Waals surface area contributed by atoms with Crippen LogP contribution in [0.4, 0.5) is 5.13 Å². The number of ether oxygens (including phenoxy) is 1. The van der Waals surface area contributed by atoms with Crippen molar-refractivity contribution in [3.05, 3.63) is 47.0 Å². The number of methoxy groups -OCH3 is 1. The Morgan fingerprint density at radius 1 is 1.08 bits per heavy atom. The van der Waals surface area contributed by atoms with Gasteiger partial charge in [-0.3, -0.25) is 9.69 Å². The summed E-state index contributed by atoms with van der Waals surface area (Å²) in [5.41, 5.74) is 1.01. The molecule has 1 fully saturated rings. The van der Waals surface area contributed by atoms with Crippen LogP contribution in [0, 0.1) is 0 Å². The van der Waals surface area contributed by atoms with E-state index in [4.69, 9.17) is 21.3 Å². The molecule has 0 spiro atoms. The fourth-order valence-electron chi connectivity index (χ4n) is 5.10. The number of nitrogens with zero attached hydrogens (tertiary/aromatic N) is 4. The lowest BCUT2D eigenvalue weighted by atomic mass is 9.95. The number of carbonyl (C=O) groups excluding carboxylic acids is 1. The van der Waals surface area contributed by atoms with Crippen molar-refractivity contribution in [1.82, 2.24) is 14.2 Å². The first-order chi connectivity index (χ1) is 18.7. The van der Waals surface area contributed by atoms with Crippen LogP contribution in [0.25, 0.3) is 10.2 Å². The van der Waals surface area contributed by atoms with Crippen LogP contribution in [0.3, 0.4) is 0 Å². The van der Waals surface area contributed by atoms with E-state index in [1.54, 1.807) is 52.7 Å². The number of hydrogen-bond acceptors (Lipinski definition) is 7. The number of halogens is 1. The number of carbonyl (C=O) groups is 1. The van der Waals surface area contributed by atoms with Gasteiger partial charge in [-0.1, -0.05) is 49.1 Å². The van der Waals surface area contributed by atoms with Gasteiger partial charge < -0.3 is 9.64 Å². The van der Waals surface area contributed by atoms with Crippen molar-refractivity contribution in [2.24, 2.45) is 0 Å². The highest BCUT2D eigenvalue weighted by Crippen LogP contribution is 2.39. The third kappa shape index (κ3) is 6.57. The second-order valence-corrected chi connectivity index (χ2v) is 13.3. The normalized spacial score (nSPS) is 14.8. The zero-order valence-corrected chi connectivity index (χ0v) is 25.4. The Labute approximate surface area is 240 Å². The first kappa shape index (κ1) is 29.7. The third-order valence-electron chi connectivity index (χ3n) is 7.13. The molecule has 0 radical (unpaired) electrons. The maximum atomic E-state index is 13.8. The van der Waals surface area contributed by atoms with Crippen molar-refractivity contribution in [1.29, 1.82) is 0 Å². The van der Waals surface area contributed by atoms with E-state index in [1.807, 2.05) is 21.0 Å². The quantitative estimate of drug-likeness (QED) is 0.276. The molecule has 212 valence electrons. The van der Waals surface area contributed by atoms with Gasteiger partial charge in [0.1, 0.15) is 11.3 Å².